The van der Waals surface area contributed by atoms with Crippen LogP contribution in [0.1, 0.15) is 56.6 Å². The zero-order chi connectivity index (χ0) is 15.8. The van der Waals surface area contributed by atoms with Gasteiger partial charge in [-0.3, -0.25) is 4.79 Å². The van der Waals surface area contributed by atoms with Crippen LogP contribution in [0.4, 0.5) is 0 Å². The Bertz CT molecular complexity index is 450. The van der Waals surface area contributed by atoms with E-state index in [9.17, 15) is 9.90 Å². The molecule has 1 atom stereocenters. The van der Waals surface area contributed by atoms with Gasteiger partial charge in [-0.25, -0.2) is 0 Å². The minimum absolute atomic E-state index is 0.0551. The molecule has 1 aromatic carbocycles. The van der Waals surface area contributed by atoms with E-state index in [0.717, 1.165) is 24.2 Å². The van der Waals surface area contributed by atoms with Gasteiger partial charge in [0.2, 0.25) is 5.91 Å². The molecule has 2 rings (SSSR count). The van der Waals surface area contributed by atoms with E-state index < -0.39 is 6.10 Å². The maximum Gasteiger partial charge on any atom is 0.220 e. The van der Waals surface area contributed by atoms with Crippen molar-refractivity contribution < 1.29 is 14.6 Å². The van der Waals surface area contributed by atoms with Crippen molar-refractivity contribution in [2.45, 2.75) is 51.0 Å². The number of hydrogen-bond acceptors (Lipinski definition) is 3. The Kier molecular flexibility index (Phi) is 6.72. The van der Waals surface area contributed by atoms with Gasteiger partial charge >= 0.3 is 0 Å². The van der Waals surface area contributed by atoms with Gasteiger partial charge in [0.15, 0.2) is 0 Å². The van der Waals surface area contributed by atoms with Crippen LogP contribution in [0.15, 0.2) is 24.3 Å². The molecule has 1 unspecified atom stereocenters. The summed E-state index contributed by atoms with van der Waals surface area (Å²) in [5.41, 5.74) is 0.788. The summed E-state index contributed by atoms with van der Waals surface area (Å²) in [6.07, 6.45) is 7.32. The molecule has 0 bridgehead atoms. The van der Waals surface area contributed by atoms with Crippen molar-refractivity contribution in [3.05, 3.63) is 29.8 Å². The molecule has 4 heteroatoms. The second-order valence-electron chi connectivity index (χ2n) is 6.15. The van der Waals surface area contributed by atoms with Gasteiger partial charge in [0.05, 0.1) is 13.2 Å². The molecule has 0 heterocycles. The van der Waals surface area contributed by atoms with Crippen LogP contribution < -0.4 is 10.1 Å². The minimum Gasteiger partial charge on any atom is -0.497 e. The van der Waals surface area contributed by atoms with Gasteiger partial charge < -0.3 is 15.2 Å². The van der Waals surface area contributed by atoms with Crippen molar-refractivity contribution >= 4 is 5.91 Å². The number of rotatable bonds is 6. The standard InChI is InChI=1S/C18H27NO3/c1-22-16-10-8-15(9-11-16)17(20)13-19-18(21)12-14-6-4-2-3-5-7-14/h8-11,14,17,20H,2-7,12-13H2,1H3,(H,19,21). The molecule has 122 valence electrons. The fourth-order valence-corrected chi connectivity index (χ4v) is 3.06. The molecule has 1 aliphatic rings. The maximum absolute atomic E-state index is 12.0. The SMILES string of the molecule is COc1ccc(C(O)CNC(=O)CC2CCCCCC2)cc1. The zero-order valence-corrected chi connectivity index (χ0v) is 13.4. The minimum atomic E-state index is -0.677. The highest BCUT2D eigenvalue weighted by molar-refractivity contribution is 5.76. The van der Waals surface area contributed by atoms with E-state index in [1.165, 1.54) is 25.7 Å². The number of aliphatic hydroxyl groups excluding tert-OH is 1. The lowest BCUT2D eigenvalue weighted by Crippen LogP contribution is -2.29. The second kappa shape index (κ2) is 8.79. The largest absolute Gasteiger partial charge is 0.497 e. The first-order valence-corrected chi connectivity index (χ1v) is 8.27. The number of carbonyl (C=O) groups excluding carboxylic acids is 1. The van der Waals surface area contributed by atoms with E-state index in [2.05, 4.69) is 5.32 Å². The lowest BCUT2D eigenvalue weighted by molar-refractivity contribution is -0.122. The molecular formula is C18H27NO3. The van der Waals surface area contributed by atoms with Crippen LogP contribution in [0.2, 0.25) is 0 Å². The highest BCUT2D eigenvalue weighted by Crippen LogP contribution is 2.25. The van der Waals surface area contributed by atoms with Crippen LogP contribution in [-0.4, -0.2) is 24.7 Å². The first-order chi connectivity index (χ1) is 10.7. The fraction of sp³-hybridized carbons (Fsp3) is 0.611. The van der Waals surface area contributed by atoms with Crippen molar-refractivity contribution in [1.29, 1.82) is 0 Å². The summed E-state index contributed by atoms with van der Waals surface area (Å²) in [4.78, 5) is 12.0. The van der Waals surface area contributed by atoms with Crippen molar-refractivity contribution in [2.75, 3.05) is 13.7 Å². The topological polar surface area (TPSA) is 58.6 Å². The number of ether oxygens (including phenoxy) is 1. The number of amides is 1. The number of carbonyl (C=O) groups is 1. The quantitative estimate of drug-likeness (QED) is 0.793. The third-order valence-corrected chi connectivity index (χ3v) is 4.44. The highest BCUT2D eigenvalue weighted by Gasteiger charge is 2.17. The van der Waals surface area contributed by atoms with Gasteiger partial charge in [0.25, 0.3) is 0 Å². The molecule has 1 amide bonds. The molecule has 2 N–H and O–H groups in total. The first-order valence-electron chi connectivity index (χ1n) is 8.27. The fourth-order valence-electron chi connectivity index (χ4n) is 3.06. The van der Waals surface area contributed by atoms with Crippen LogP contribution in [0, 0.1) is 5.92 Å². The van der Waals surface area contributed by atoms with E-state index in [-0.39, 0.29) is 12.5 Å². The summed E-state index contributed by atoms with van der Waals surface area (Å²) in [5, 5.41) is 13.0. The molecule has 0 spiro atoms. The van der Waals surface area contributed by atoms with E-state index >= 15 is 0 Å². The Morgan fingerprint density at radius 3 is 2.45 bits per heavy atom. The van der Waals surface area contributed by atoms with Gasteiger partial charge in [0, 0.05) is 13.0 Å². The summed E-state index contributed by atoms with van der Waals surface area (Å²) in [5.74, 6) is 1.33. The summed E-state index contributed by atoms with van der Waals surface area (Å²) >= 11 is 0. The van der Waals surface area contributed by atoms with Gasteiger partial charge in [-0.05, 0) is 36.5 Å². The molecule has 1 aliphatic carbocycles. The lowest BCUT2D eigenvalue weighted by atomic mass is 9.96. The molecule has 0 saturated heterocycles. The lowest BCUT2D eigenvalue weighted by Gasteiger charge is -2.16. The van der Waals surface area contributed by atoms with Crippen molar-refractivity contribution in [3.8, 4) is 5.75 Å². The third-order valence-electron chi connectivity index (χ3n) is 4.44. The second-order valence-corrected chi connectivity index (χ2v) is 6.15. The van der Waals surface area contributed by atoms with Gasteiger partial charge in [0.1, 0.15) is 5.75 Å². The Morgan fingerprint density at radius 1 is 1.23 bits per heavy atom. The average Bonchev–Trinajstić information content (AvgIpc) is 2.81. The normalized spacial score (nSPS) is 17.5. The molecule has 0 aliphatic heterocycles. The van der Waals surface area contributed by atoms with Gasteiger partial charge in [-0.1, -0.05) is 37.8 Å². The average molecular weight is 305 g/mol. The summed E-state index contributed by atoms with van der Waals surface area (Å²) in [6.45, 7) is 0.262. The Labute approximate surface area is 132 Å². The van der Waals surface area contributed by atoms with Crippen molar-refractivity contribution in [2.24, 2.45) is 5.92 Å². The number of nitrogens with one attached hydrogen (secondary N) is 1. The third kappa shape index (κ3) is 5.34. The monoisotopic (exact) mass is 305 g/mol. The molecule has 0 radical (unpaired) electrons. The maximum atomic E-state index is 12.0. The van der Waals surface area contributed by atoms with Crippen LogP contribution in [0.5, 0.6) is 5.75 Å². The van der Waals surface area contributed by atoms with Crippen LogP contribution in [0.3, 0.4) is 0 Å². The van der Waals surface area contributed by atoms with E-state index in [4.69, 9.17) is 4.74 Å². The molecule has 1 fully saturated rings. The number of methoxy groups -OCH3 is 1. The Morgan fingerprint density at radius 2 is 1.86 bits per heavy atom. The van der Waals surface area contributed by atoms with Crippen molar-refractivity contribution in [1.82, 2.24) is 5.32 Å². The van der Waals surface area contributed by atoms with Crippen LogP contribution >= 0.6 is 0 Å². The van der Waals surface area contributed by atoms with Crippen LogP contribution in [0.25, 0.3) is 0 Å². The van der Waals surface area contributed by atoms with E-state index in [1.54, 1.807) is 7.11 Å². The molecule has 1 aromatic rings. The summed E-state index contributed by atoms with van der Waals surface area (Å²) in [6, 6.07) is 7.26. The number of aliphatic hydroxyl groups is 1. The van der Waals surface area contributed by atoms with Gasteiger partial charge in [-0.2, -0.15) is 0 Å². The predicted octanol–water partition coefficient (Wildman–Crippen LogP) is 3.21. The number of hydrogen-bond donors (Lipinski definition) is 2. The summed E-state index contributed by atoms with van der Waals surface area (Å²) in [7, 11) is 1.61. The summed E-state index contributed by atoms with van der Waals surface area (Å²) < 4.78 is 5.09. The molecular weight excluding hydrogens is 278 g/mol. The number of benzene rings is 1. The predicted molar refractivity (Wildman–Crippen MR) is 86.8 cm³/mol. The van der Waals surface area contributed by atoms with Gasteiger partial charge in [-0.15, -0.1) is 0 Å². The first kappa shape index (κ1) is 16.8. The van der Waals surface area contributed by atoms with E-state index in [0.29, 0.717) is 12.3 Å². The molecule has 1 saturated carbocycles. The molecule has 4 nitrogen and oxygen atoms in total. The Balaban J connectivity index is 1.74. The molecule has 0 aromatic heterocycles. The zero-order valence-electron chi connectivity index (χ0n) is 13.4. The smallest absolute Gasteiger partial charge is 0.220 e. The van der Waals surface area contributed by atoms with Crippen LogP contribution in [-0.2, 0) is 4.79 Å². The Hall–Kier alpha value is -1.55. The van der Waals surface area contributed by atoms with Crippen molar-refractivity contribution in [3.63, 3.8) is 0 Å². The molecule has 22 heavy (non-hydrogen) atoms. The van der Waals surface area contributed by atoms with E-state index in [1.807, 2.05) is 24.3 Å². The highest BCUT2D eigenvalue weighted by atomic mass is 16.5.